The molecule has 28 heavy (non-hydrogen) atoms. The number of ether oxygens (including phenoxy) is 1. The van der Waals surface area contributed by atoms with Crippen LogP contribution in [0.5, 0.6) is 0 Å². The Labute approximate surface area is 173 Å². The lowest BCUT2D eigenvalue weighted by Crippen LogP contribution is -2.43. The van der Waals surface area contributed by atoms with Gasteiger partial charge in [-0.25, -0.2) is 8.42 Å². The molecule has 2 aromatic rings. The van der Waals surface area contributed by atoms with Crippen molar-refractivity contribution >= 4 is 31.9 Å². The predicted octanol–water partition coefficient (Wildman–Crippen LogP) is 2.21. The quantitative estimate of drug-likeness (QED) is 0.703. The minimum atomic E-state index is -3.40. The molecule has 0 saturated carbocycles. The van der Waals surface area contributed by atoms with Crippen molar-refractivity contribution in [2.45, 2.75) is 6.92 Å². The number of pyridine rings is 1. The monoisotopic (exact) mass is 467 g/mol. The first kappa shape index (κ1) is 20.9. The molecule has 0 atom stereocenters. The lowest BCUT2D eigenvalue weighted by atomic mass is 10.1. The Bertz CT molecular complexity index is 959. The largest absolute Gasteiger partial charge is 0.379 e. The summed E-state index contributed by atoms with van der Waals surface area (Å²) in [5.74, 6) is -0.468. The van der Waals surface area contributed by atoms with Crippen LogP contribution in [0.3, 0.4) is 0 Å². The van der Waals surface area contributed by atoms with Gasteiger partial charge in [-0.1, -0.05) is 28.1 Å². The standard InChI is InChI=1S/C19H22BrN3O4S/c1-14-17(5-6-18(22-14)15-3-2-4-16(20)13-15)19(24)21-7-12-28(25,26)23-8-10-27-11-9-23/h2-6,13H,7-12H2,1H3,(H,21,24). The highest BCUT2D eigenvalue weighted by Gasteiger charge is 2.24. The molecule has 150 valence electrons. The number of benzene rings is 1. The topological polar surface area (TPSA) is 88.6 Å². The van der Waals surface area contributed by atoms with Gasteiger partial charge in [-0.2, -0.15) is 4.31 Å². The van der Waals surface area contributed by atoms with Crippen molar-refractivity contribution in [1.82, 2.24) is 14.6 Å². The molecular weight excluding hydrogens is 446 g/mol. The van der Waals surface area contributed by atoms with Crippen LogP contribution in [0.1, 0.15) is 16.1 Å². The molecule has 1 aromatic carbocycles. The van der Waals surface area contributed by atoms with Gasteiger partial charge in [0.2, 0.25) is 10.0 Å². The summed E-state index contributed by atoms with van der Waals surface area (Å²) in [5, 5.41) is 2.68. The summed E-state index contributed by atoms with van der Waals surface area (Å²) < 4.78 is 32.1. The molecule has 1 aliphatic rings. The number of halogens is 1. The second-order valence-electron chi connectivity index (χ2n) is 6.42. The van der Waals surface area contributed by atoms with Gasteiger partial charge in [0.05, 0.1) is 35.9 Å². The number of carbonyl (C=O) groups excluding carboxylic acids is 1. The fourth-order valence-electron chi connectivity index (χ4n) is 2.95. The summed E-state index contributed by atoms with van der Waals surface area (Å²) in [7, 11) is -3.40. The van der Waals surface area contributed by atoms with Gasteiger partial charge in [0.1, 0.15) is 0 Å². The highest BCUT2D eigenvalue weighted by molar-refractivity contribution is 9.10. The zero-order chi connectivity index (χ0) is 20.1. The van der Waals surface area contributed by atoms with Gasteiger partial charge < -0.3 is 10.1 Å². The maximum atomic E-state index is 12.4. The van der Waals surface area contributed by atoms with Crippen LogP contribution in [0, 0.1) is 6.92 Å². The molecule has 0 unspecified atom stereocenters. The van der Waals surface area contributed by atoms with Crippen molar-refractivity contribution in [3.8, 4) is 11.3 Å². The predicted molar refractivity (Wildman–Crippen MR) is 111 cm³/mol. The van der Waals surface area contributed by atoms with Crippen molar-refractivity contribution in [2.24, 2.45) is 0 Å². The Morgan fingerprint density at radius 1 is 1.25 bits per heavy atom. The maximum Gasteiger partial charge on any atom is 0.253 e. The van der Waals surface area contributed by atoms with E-state index in [4.69, 9.17) is 4.74 Å². The maximum absolute atomic E-state index is 12.4. The van der Waals surface area contributed by atoms with Crippen LogP contribution in [0.25, 0.3) is 11.3 Å². The van der Waals surface area contributed by atoms with Crippen LogP contribution >= 0.6 is 15.9 Å². The number of aryl methyl sites for hydroxylation is 1. The second-order valence-corrected chi connectivity index (χ2v) is 9.43. The molecule has 2 heterocycles. The Balaban J connectivity index is 1.61. The highest BCUT2D eigenvalue weighted by Crippen LogP contribution is 2.22. The molecule has 1 aromatic heterocycles. The third-order valence-electron chi connectivity index (χ3n) is 4.46. The molecule has 1 aliphatic heterocycles. The number of amides is 1. The number of nitrogens with one attached hydrogen (secondary N) is 1. The third-order valence-corrected chi connectivity index (χ3v) is 6.83. The fourth-order valence-corrected chi connectivity index (χ4v) is 4.68. The van der Waals surface area contributed by atoms with Crippen LogP contribution in [0.4, 0.5) is 0 Å². The number of hydrogen-bond donors (Lipinski definition) is 1. The van der Waals surface area contributed by atoms with Crippen LogP contribution in [-0.2, 0) is 14.8 Å². The van der Waals surface area contributed by atoms with Gasteiger partial charge >= 0.3 is 0 Å². The Morgan fingerprint density at radius 3 is 2.68 bits per heavy atom. The summed E-state index contributed by atoms with van der Waals surface area (Å²) in [6.07, 6.45) is 0. The van der Waals surface area contributed by atoms with Crippen molar-refractivity contribution in [3.05, 3.63) is 52.1 Å². The summed E-state index contributed by atoms with van der Waals surface area (Å²) in [5.41, 5.74) is 2.74. The number of aromatic nitrogens is 1. The van der Waals surface area contributed by atoms with Crippen LogP contribution in [0.2, 0.25) is 0 Å². The van der Waals surface area contributed by atoms with Crippen molar-refractivity contribution in [1.29, 1.82) is 0 Å². The minimum Gasteiger partial charge on any atom is -0.379 e. The zero-order valence-corrected chi connectivity index (χ0v) is 17.9. The lowest BCUT2D eigenvalue weighted by Gasteiger charge is -2.26. The first-order valence-corrected chi connectivity index (χ1v) is 11.3. The summed E-state index contributed by atoms with van der Waals surface area (Å²) in [4.78, 5) is 17.0. The molecule has 0 aliphatic carbocycles. The number of sulfonamides is 1. The van der Waals surface area contributed by atoms with E-state index in [2.05, 4.69) is 26.2 Å². The van der Waals surface area contributed by atoms with Crippen molar-refractivity contribution in [3.63, 3.8) is 0 Å². The molecule has 9 heteroatoms. The van der Waals surface area contributed by atoms with Crippen LogP contribution in [0.15, 0.2) is 40.9 Å². The highest BCUT2D eigenvalue weighted by atomic mass is 79.9. The van der Waals surface area contributed by atoms with E-state index in [1.54, 1.807) is 19.1 Å². The number of morpholine rings is 1. The fraction of sp³-hybridized carbons (Fsp3) is 0.368. The van der Waals surface area contributed by atoms with E-state index in [1.165, 1.54) is 4.31 Å². The lowest BCUT2D eigenvalue weighted by molar-refractivity contribution is 0.0730. The van der Waals surface area contributed by atoms with Crippen LogP contribution < -0.4 is 5.32 Å². The summed E-state index contributed by atoms with van der Waals surface area (Å²) in [6, 6.07) is 11.3. The van der Waals surface area contributed by atoms with Crippen molar-refractivity contribution in [2.75, 3.05) is 38.6 Å². The first-order chi connectivity index (χ1) is 13.4. The molecule has 0 spiro atoms. The van der Waals surface area contributed by atoms with Gasteiger partial charge in [0, 0.05) is 29.7 Å². The Morgan fingerprint density at radius 2 is 2.00 bits per heavy atom. The van der Waals surface area contributed by atoms with E-state index in [1.807, 2.05) is 24.3 Å². The number of nitrogens with zero attached hydrogens (tertiary/aromatic N) is 2. The molecule has 1 amide bonds. The first-order valence-electron chi connectivity index (χ1n) is 8.94. The van der Waals surface area contributed by atoms with E-state index in [0.717, 1.165) is 15.7 Å². The second kappa shape index (κ2) is 9.13. The molecular formula is C19H22BrN3O4S. The van der Waals surface area contributed by atoms with Crippen molar-refractivity contribution < 1.29 is 17.9 Å². The van der Waals surface area contributed by atoms with Gasteiger partial charge in [0.15, 0.2) is 0 Å². The number of carbonyl (C=O) groups is 1. The number of hydrogen-bond acceptors (Lipinski definition) is 5. The van der Waals surface area contributed by atoms with Gasteiger partial charge in [0.25, 0.3) is 5.91 Å². The molecule has 1 saturated heterocycles. The van der Waals surface area contributed by atoms with Gasteiger partial charge in [-0.3, -0.25) is 9.78 Å². The summed E-state index contributed by atoms with van der Waals surface area (Å²) >= 11 is 3.44. The van der Waals surface area contributed by atoms with Crippen LogP contribution in [-0.4, -0.2) is 62.2 Å². The van der Waals surface area contributed by atoms with E-state index in [0.29, 0.717) is 37.6 Å². The minimum absolute atomic E-state index is 0.0470. The van der Waals surface area contributed by atoms with Gasteiger partial charge in [-0.05, 0) is 31.2 Å². The van der Waals surface area contributed by atoms with E-state index >= 15 is 0 Å². The molecule has 3 rings (SSSR count). The normalized spacial score (nSPS) is 15.4. The smallest absolute Gasteiger partial charge is 0.253 e. The summed E-state index contributed by atoms with van der Waals surface area (Å²) in [6.45, 7) is 3.33. The Hall–Kier alpha value is -1.81. The molecule has 1 fully saturated rings. The Kier molecular flexibility index (Phi) is 6.82. The number of rotatable bonds is 6. The third kappa shape index (κ3) is 5.16. The van der Waals surface area contributed by atoms with E-state index < -0.39 is 10.0 Å². The SMILES string of the molecule is Cc1nc(-c2cccc(Br)c2)ccc1C(=O)NCCS(=O)(=O)N1CCOCC1. The van der Waals surface area contributed by atoms with Gasteiger partial charge in [-0.15, -0.1) is 0 Å². The van der Waals surface area contributed by atoms with E-state index in [-0.39, 0.29) is 18.2 Å². The average Bonchev–Trinajstić information content (AvgIpc) is 2.68. The van der Waals surface area contributed by atoms with E-state index in [9.17, 15) is 13.2 Å². The molecule has 0 radical (unpaired) electrons. The molecule has 7 nitrogen and oxygen atoms in total. The zero-order valence-electron chi connectivity index (χ0n) is 15.5. The molecule has 0 bridgehead atoms. The average molecular weight is 468 g/mol. The molecule has 1 N–H and O–H groups in total.